The Morgan fingerprint density at radius 1 is 1.37 bits per heavy atom. The Morgan fingerprint density at radius 2 is 2.13 bits per heavy atom. The van der Waals surface area contributed by atoms with Crippen molar-refractivity contribution in [2.75, 3.05) is 32.3 Å². The smallest absolute Gasteiger partial charge is 0.236 e. The van der Waals surface area contributed by atoms with Crippen molar-refractivity contribution in [3.63, 3.8) is 0 Å². The normalized spacial score (nSPS) is 18.7. The Morgan fingerprint density at radius 3 is 2.73 bits per heavy atom. The summed E-state index contributed by atoms with van der Waals surface area (Å²) in [6, 6.07) is 5.11. The number of H-pyrrole nitrogens is 1. The van der Waals surface area contributed by atoms with Crippen LogP contribution >= 0.6 is 11.8 Å². The minimum Gasteiger partial charge on any atom is -0.497 e. The summed E-state index contributed by atoms with van der Waals surface area (Å²) in [7, 11) is 0.0842. The van der Waals surface area contributed by atoms with Crippen LogP contribution in [0.1, 0.15) is 20.3 Å². The largest absolute Gasteiger partial charge is 0.497 e. The molecule has 1 amide bonds. The Kier molecular flexibility index (Phi) is 6.91. The third-order valence-electron chi connectivity index (χ3n) is 5.03. The number of nitrogens with one attached hydrogen (secondary N) is 1. The summed E-state index contributed by atoms with van der Waals surface area (Å²) in [5.41, 5.74) is 0.725. The van der Waals surface area contributed by atoms with Crippen LogP contribution in [0.2, 0.25) is 0 Å². The molecule has 1 aromatic heterocycles. The van der Waals surface area contributed by atoms with E-state index in [0.29, 0.717) is 35.4 Å². The van der Waals surface area contributed by atoms with Gasteiger partial charge >= 0.3 is 0 Å². The number of aromatic nitrogens is 3. The van der Waals surface area contributed by atoms with Crippen LogP contribution in [-0.2, 0) is 14.6 Å². The van der Waals surface area contributed by atoms with E-state index in [9.17, 15) is 13.2 Å². The maximum Gasteiger partial charge on any atom is 0.236 e. The first kappa shape index (κ1) is 22.4. The second kappa shape index (κ2) is 9.25. The number of methoxy groups -OCH3 is 2. The van der Waals surface area contributed by atoms with E-state index in [4.69, 9.17) is 9.47 Å². The number of hydrogen-bond acceptors (Lipinski definition) is 8. The highest BCUT2D eigenvalue weighted by Gasteiger charge is 2.35. The van der Waals surface area contributed by atoms with Crippen molar-refractivity contribution in [2.45, 2.75) is 36.7 Å². The van der Waals surface area contributed by atoms with Gasteiger partial charge in [0.2, 0.25) is 11.1 Å². The summed E-state index contributed by atoms with van der Waals surface area (Å²) >= 11 is 1.23. The summed E-state index contributed by atoms with van der Waals surface area (Å²) in [6.45, 7) is 4.11. The van der Waals surface area contributed by atoms with Crippen molar-refractivity contribution >= 4 is 27.5 Å². The van der Waals surface area contributed by atoms with Gasteiger partial charge in [0, 0.05) is 18.7 Å². The molecular formula is C19H26N4O5S2. The molecule has 1 aromatic carbocycles. The summed E-state index contributed by atoms with van der Waals surface area (Å²) in [6.07, 6.45) is 0.487. The highest BCUT2D eigenvalue weighted by Crippen LogP contribution is 2.33. The van der Waals surface area contributed by atoms with Gasteiger partial charge < -0.3 is 14.4 Å². The Labute approximate surface area is 180 Å². The molecule has 30 heavy (non-hydrogen) atoms. The summed E-state index contributed by atoms with van der Waals surface area (Å²) in [4.78, 5) is 19.1. The van der Waals surface area contributed by atoms with Gasteiger partial charge in [-0.25, -0.2) is 13.4 Å². The lowest BCUT2D eigenvalue weighted by atomic mass is 10.2. The number of hydrogen-bond donors (Lipinski definition) is 1. The van der Waals surface area contributed by atoms with Gasteiger partial charge in [-0.1, -0.05) is 11.8 Å². The molecular weight excluding hydrogens is 428 g/mol. The van der Waals surface area contributed by atoms with Crippen LogP contribution in [0, 0.1) is 0 Å². The van der Waals surface area contributed by atoms with Crippen LogP contribution in [0.25, 0.3) is 11.4 Å². The third-order valence-corrected chi connectivity index (χ3v) is 7.73. The molecule has 2 aromatic rings. The zero-order valence-corrected chi connectivity index (χ0v) is 19.0. The fourth-order valence-corrected chi connectivity index (χ4v) is 6.00. The topological polar surface area (TPSA) is 114 Å². The number of nitrogens with zero attached hydrogens (tertiary/aromatic N) is 3. The predicted molar refractivity (Wildman–Crippen MR) is 115 cm³/mol. The summed E-state index contributed by atoms with van der Waals surface area (Å²) < 4.78 is 34.2. The maximum atomic E-state index is 12.9. The van der Waals surface area contributed by atoms with E-state index in [0.717, 1.165) is 5.56 Å². The molecule has 1 aliphatic rings. The second-order valence-electron chi connectivity index (χ2n) is 6.97. The fourth-order valence-electron chi connectivity index (χ4n) is 3.47. The van der Waals surface area contributed by atoms with E-state index in [1.54, 1.807) is 38.2 Å². The monoisotopic (exact) mass is 454 g/mol. The van der Waals surface area contributed by atoms with Crippen LogP contribution < -0.4 is 9.47 Å². The van der Waals surface area contributed by atoms with Crippen LogP contribution in [0.5, 0.6) is 11.5 Å². The van der Waals surface area contributed by atoms with E-state index >= 15 is 0 Å². The van der Waals surface area contributed by atoms with Gasteiger partial charge in [-0.3, -0.25) is 9.89 Å². The van der Waals surface area contributed by atoms with E-state index in [1.165, 1.54) is 11.8 Å². The lowest BCUT2D eigenvalue weighted by Crippen LogP contribution is -2.44. The molecule has 2 heterocycles. The molecule has 2 unspecified atom stereocenters. The molecule has 11 heteroatoms. The van der Waals surface area contributed by atoms with E-state index in [2.05, 4.69) is 15.2 Å². The molecule has 1 aliphatic heterocycles. The van der Waals surface area contributed by atoms with Crippen molar-refractivity contribution < 1.29 is 22.7 Å². The SMILES string of the molecule is CCN(C(=O)C(C)Sc1n[nH]c(-c2ccc(OC)cc2OC)n1)C1CCS(=O)(=O)C1. The number of thioether (sulfide) groups is 1. The molecule has 3 rings (SSSR count). The summed E-state index contributed by atoms with van der Waals surface area (Å²) in [5.74, 6) is 1.83. The van der Waals surface area contributed by atoms with Crippen molar-refractivity contribution in [1.82, 2.24) is 20.1 Å². The average Bonchev–Trinajstić information content (AvgIpc) is 3.33. The van der Waals surface area contributed by atoms with Crippen molar-refractivity contribution in [3.05, 3.63) is 18.2 Å². The van der Waals surface area contributed by atoms with E-state index in [1.807, 2.05) is 13.0 Å². The van der Waals surface area contributed by atoms with Gasteiger partial charge in [-0.15, -0.1) is 5.10 Å². The number of amides is 1. The minimum atomic E-state index is -3.06. The zero-order chi connectivity index (χ0) is 21.9. The quantitative estimate of drug-likeness (QED) is 0.603. The van der Waals surface area contributed by atoms with Crippen LogP contribution in [-0.4, -0.2) is 78.0 Å². The zero-order valence-electron chi connectivity index (χ0n) is 17.4. The van der Waals surface area contributed by atoms with Gasteiger partial charge in [0.05, 0.1) is 36.5 Å². The van der Waals surface area contributed by atoms with Crippen LogP contribution in [0.3, 0.4) is 0 Å². The Balaban J connectivity index is 1.71. The first-order valence-electron chi connectivity index (χ1n) is 9.60. The standard InChI is InChI=1S/C19H26N4O5S2/c1-5-23(13-8-9-30(25,26)11-13)18(24)12(2)29-19-20-17(21-22-19)15-7-6-14(27-3)10-16(15)28-4/h6-7,10,12-13H,5,8-9,11H2,1-4H3,(H,20,21,22). The lowest BCUT2D eigenvalue weighted by molar-refractivity contribution is -0.131. The molecule has 0 bridgehead atoms. The first-order valence-corrected chi connectivity index (χ1v) is 12.3. The van der Waals surface area contributed by atoms with Gasteiger partial charge in [0.25, 0.3) is 0 Å². The molecule has 1 saturated heterocycles. The number of ether oxygens (including phenoxy) is 2. The lowest BCUT2D eigenvalue weighted by Gasteiger charge is -2.29. The molecule has 1 N–H and O–H groups in total. The Hall–Kier alpha value is -2.27. The first-order chi connectivity index (χ1) is 14.3. The molecule has 1 fully saturated rings. The number of carbonyl (C=O) groups excluding carboxylic acids is 1. The highest BCUT2D eigenvalue weighted by atomic mass is 32.2. The number of benzene rings is 1. The van der Waals surface area contributed by atoms with Crippen molar-refractivity contribution in [1.29, 1.82) is 0 Å². The fraction of sp³-hybridized carbons (Fsp3) is 0.526. The van der Waals surface area contributed by atoms with Crippen LogP contribution in [0.4, 0.5) is 0 Å². The number of rotatable bonds is 8. The van der Waals surface area contributed by atoms with Crippen molar-refractivity contribution in [2.24, 2.45) is 0 Å². The predicted octanol–water partition coefficient (Wildman–Crippen LogP) is 2.01. The number of aromatic amines is 1. The van der Waals surface area contributed by atoms with E-state index < -0.39 is 15.1 Å². The summed E-state index contributed by atoms with van der Waals surface area (Å²) in [5, 5.41) is 7.07. The van der Waals surface area contributed by atoms with Gasteiger partial charge in [0.1, 0.15) is 11.5 Å². The van der Waals surface area contributed by atoms with Gasteiger partial charge in [-0.2, -0.15) is 0 Å². The minimum absolute atomic E-state index is 0.0338. The van der Waals surface area contributed by atoms with E-state index in [-0.39, 0.29) is 23.5 Å². The molecule has 0 spiro atoms. The van der Waals surface area contributed by atoms with Crippen molar-refractivity contribution in [3.8, 4) is 22.9 Å². The molecule has 0 radical (unpaired) electrons. The highest BCUT2D eigenvalue weighted by molar-refractivity contribution is 8.00. The second-order valence-corrected chi connectivity index (χ2v) is 10.5. The molecule has 0 saturated carbocycles. The van der Waals surface area contributed by atoms with Gasteiger partial charge in [-0.05, 0) is 32.4 Å². The molecule has 2 atom stereocenters. The van der Waals surface area contributed by atoms with Gasteiger partial charge in [0.15, 0.2) is 15.7 Å². The number of sulfone groups is 1. The third kappa shape index (κ3) is 4.89. The molecule has 0 aliphatic carbocycles. The maximum absolute atomic E-state index is 12.9. The molecule has 9 nitrogen and oxygen atoms in total. The van der Waals surface area contributed by atoms with Crippen LogP contribution in [0.15, 0.2) is 23.4 Å². The average molecular weight is 455 g/mol. The molecule has 164 valence electrons. The Bertz CT molecular complexity index is 1010. The number of carbonyl (C=O) groups is 1.